The highest BCUT2D eigenvalue weighted by Crippen LogP contribution is 2.30. The van der Waals surface area contributed by atoms with Crippen LogP contribution in [0.1, 0.15) is 60.0 Å². The molecular formula is C24H28N2O2S. The lowest BCUT2D eigenvalue weighted by molar-refractivity contribution is -0.119. The second kappa shape index (κ2) is 9.49. The van der Waals surface area contributed by atoms with E-state index in [9.17, 15) is 9.59 Å². The van der Waals surface area contributed by atoms with Crippen molar-refractivity contribution in [2.75, 3.05) is 11.5 Å². The van der Waals surface area contributed by atoms with Gasteiger partial charge in [0.1, 0.15) is 0 Å². The minimum absolute atomic E-state index is 0.00696. The molecule has 2 aromatic rings. The third-order valence-corrected chi connectivity index (χ3v) is 6.81. The molecule has 0 spiro atoms. The molecule has 4 rings (SSSR count). The van der Waals surface area contributed by atoms with Crippen molar-refractivity contribution in [3.63, 3.8) is 0 Å². The maximum atomic E-state index is 12.4. The van der Waals surface area contributed by atoms with Gasteiger partial charge in [-0.2, -0.15) is 0 Å². The van der Waals surface area contributed by atoms with Gasteiger partial charge in [0.15, 0.2) is 0 Å². The highest BCUT2D eigenvalue weighted by Gasteiger charge is 2.23. The van der Waals surface area contributed by atoms with E-state index in [1.54, 1.807) is 0 Å². The topological polar surface area (TPSA) is 58.2 Å². The van der Waals surface area contributed by atoms with E-state index in [0.717, 1.165) is 38.5 Å². The number of rotatable bonds is 6. The van der Waals surface area contributed by atoms with Crippen LogP contribution in [0.4, 0.5) is 0 Å². The Morgan fingerprint density at radius 3 is 1.69 bits per heavy atom. The van der Waals surface area contributed by atoms with Crippen LogP contribution in [0, 0.1) is 0 Å². The predicted molar refractivity (Wildman–Crippen MR) is 118 cm³/mol. The fourth-order valence-electron chi connectivity index (χ4n) is 4.52. The normalized spacial score (nSPS) is 20.3. The smallest absolute Gasteiger partial charge is 0.230 e. The van der Waals surface area contributed by atoms with Crippen molar-refractivity contribution in [3.8, 4) is 0 Å². The highest BCUT2D eigenvalue weighted by atomic mass is 32.2. The first-order chi connectivity index (χ1) is 14.2. The van der Waals surface area contributed by atoms with Gasteiger partial charge in [0, 0.05) is 0 Å². The molecule has 0 aromatic heterocycles. The first-order valence-electron chi connectivity index (χ1n) is 10.5. The molecule has 2 N–H and O–H groups in total. The van der Waals surface area contributed by atoms with Crippen molar-refractivity contribution in [2.24, 2.45) is 0 Å². The van der Waals surface area contributed by atoms with Crippen LogP contribution < -0.4 is 10.6 Å². The maximum absolute atomic E-state index is 12.4. The van der Waals surface area contributed by atoms with Crippen LogP contribution in [-0.2, 0) is 22.4 Å². The first-order valence-corrected chi connectivity index (χ1v) is 11.7. The third kappa shape index (κ3) is 5.02. The number of benzene rings is 2. The van der Waals surface area contributed by atoms with Crippen LogP contribution >= 0.6 is 11.8 Å². The summed E-state index contributed by atoms with van der Waals surface area (Å²) in [5, 5.41) is 6.30. The zero-order valence-corrected chi connectivity index (χ0v) is 17.5. The van der Waals surface area contributed by atoms with Crippen molar-refractivity contribution in [1.29, 1.82) is 0 Å². The van der Waals surface area contributed by atoms with E-state index >= 15 is 0 Å². The molecule has 152 valence electrons. The second-order valence-electron chi connectivity index (χ2n) is 7.92. The molecule has 2 aliphatic carbocycles. The standard InChI is InChI=1S/C24H28N2O2S/c27-23(25-21-13-5-9-17-7-1-3-11-19(17)21)15-29-16-24(28)26-22-14-6-10-18-8-2-4-12-20(18)22/h1-4,7-8,11-12,21-22H,5-6,9-10,13-16H2,(H,25,27)(H,26,28)/t21-,22-/m1/s1. The molecule has 2 aliphatic rings. The van der Waals surface area contributed by atoms with Gasteiger partial charge in [-0.05, 0) is 60.8 Å². The Balaban J connectivity index is 1.23. The Kier molecular flexibility index (Phi) is 6.55. The van der Waals surface area contributed by atoms with Crippen LogP contribution in [0.15, 0.2) is 48.5 Å². The number of nitrogens with one attached hydrogen (secondary N) is 2. The molecule has 29 heavy (non-hydrogen) atoms. The Morgan fingerprint density at radius 2 is 1.21 bits per heavy atom. The highest BCUT2D eigenvalue weighted by molar-refractivity contribution is 8.00. The van der Waals surface area contributed by atoms with Crippen LogP contribution in [-0.4, -0.2) is 23.3 Å². The van der Waals surface area contributed by atoms with Crippen molar-refractivity contribution in [2.45, 2.75) is 50.6 Å². The lowest BCUT2D eigenvalue weighted by Crippen LogP contribution is -2.34. The summed E-state index contributed by atoms with van der Waals surface area (Å²) >= 11 is 1.39. The molecule has 0 fully saturated rings. The second-order valence-corrected chi connectivity index (χ2v) is 8.90. The summed E-state index contributed by atoms with van der Waals surface area (Å²) in [6, 6.07) is 16.9. The molecule has 0 heterocycles. The van der Waals surface area contributed by atoms with Gasteiger partial charge in [0.2, 0.25) is 11.8 Å². The molecule has 2 amide bonds. The Morgan fingerprint density at radius 1 is 0.759 bits per heavy atom. The quantitative estimate of drug-likeness (QED) is 0.756. The van der Waals surface area contributed by atoms with Crippen LogP contribution in [0.5, 0.6) is 0 Å². The average molecular weight is 409 g/mol. The van der Waals surface area contributed by atoms with Gasteiger partial charge in [-0.1, -0.05) is 48.5 Å². The summed E-state index contributed by atoms with van der Waals surface area (Å²) in [6.45, 7) is 0. The number of aryl methyl sites for hydroxylation is 2. The van der Waals surface area contributed by atoms with E-state index in [1.165, 1.54) is 34.0 Å². The SMILES string of the molecule is O=C(CSCC(=O)N[C@@H]1CCCc2ccccc21)N[C@@H]1CCCc2ccccc21. The maximum Gasteiger partial charge on any atom is 0.230 e. The summed E-state index contributed by atoms with van der Waals surface area (Å²) < 4.78 is 0. The van der Waals surface area contributed by atoms with Gasteiger partial charge in [-0.25, -0.2) is 0 Å². The molecule has 4 nitrogen and oxygen atoms in total. The minimum atomic E-state index is 0.00696. The van der Waals surface area contributed by atoms with Crippen LogP contribution in [0.2, 0.25) is 0 Å². The zero-order valence-electron chi connectivity index (χ0n) is 16.7. The van der Waals surface area contributed by atoms with Gasteiger partial charge in [-0.3, -0.25) is 9.59 Å². The molecule has 0 saturated carbocycles. The monoisotopic (exact) mass is 408 g/mol. The summed E-state index contributed by atoms with van der Waals surface area (Å²) in [5.74, 6) is 0.640. The summed E-state index contributed by atoms with van der Waals surface area (Å²) in [5.41, 5.74) is 5.16. The van der Waals surface area contributed by atoms with E-state index < -0.39 is 0 Å². The summed E-state index contributed by atoms with van der Waals surface area (Å²) in [7, 11) is 0. The Bertz CT molecular complexity index is 811. The van der Waals surface area contributed by atoms with Gasteiger partial charge in [0.05, 0.1) is 23.6 Å². The molecule has 2 atom stereocenters. The van der Waals surface area contributed by atoms with E-state index in [4.69, 9.17) is 0 Å². The number of amides is 2. The Hall–Kier alpha value is -2.27. The van der Waals surface area contributed by atoms with Crippen molar-refractivity contribution < 1.29 is 9.59 Å². The zero-order chi connectivity index (χ0) is 20.1. The number of carbonyl (C=O) groups excluding carboxylic acids is 2. The largest absolute Gasteiger partial charge is 0.349 e. The van der Waals surface area contributed by atoms with Crippen molar-refractivity contribution >= 4 is 23.6 Å². The summed E-state index contributed by atoms with van der Waals surface area (Å²) in [4.78, 5) is 24.8. The number of carbonyl (C=O) groups is 2. The molecule has 0 saturated heterocycles. The number of thioether (sulfide) groups is 1. The fourth-order valence-corrected chi connectivity index (χ4v) is 5.16. The van der Waals surface area contributed by atoms with Gasteiger partial charge >= 0.3 is 0 Å². The van der Waals surface area contributed by atoms with E-state index in [2.05, 4.69) is 47.0 Å². The van der Waals surface area contributed by atoms with Crippen LogP contribution in [0.25, 0.3) is 0 Å². The number of hydrogen-bond acceptors (Lipinski definition) is 3. The molecular weight excluding hydrogens is 380 g/mol. The van der Waals surface area contributed by atoms with Crippen LogP contribution in [0.3, 0.4) is 0 Å². The van der Waals surface area contributed by atoms with Crippen molar-refractivity contribution in [1.82, 2.24) is 10.6 Å². The molecule has 0 unspecified atom stereocenters. The fraction of sp³-hybridized carbons (Fsp3) is 0.417. The molecule has 0 radical (unpaired) electrons. The van der Waals surface area contributed by atoms with E-state index in [1.807, 2.05) is 12.1 Å². The third-order valence-electron chi connectivity index (χ3n) is 5.88. The molecule has 2 aromatic carbocycles. The average Bonchev–Trinajstić information content (AvgIpc) is 2.74. The number of fused-ring (bicyclic) bond motifs is 2. The van der Waals surface area contributed by atoms with Gasteiger partial charge in [0.25, 0.3) is 0 Å². The molecule has 0 aliphatic heterocycles. The minimum Gasteiger partial charge on any atom is -0.349 e. The lowest BCUT2D eigenvalue weighted by Gasteiger charge is -2.26. The van der Waals surface area contributed by atoms with Crippen molar-refractivity contribution in [3.05, 3.63) is 70.8 Å². The molecule has 0 bridgehead atoms. The van der Waals surface area contributed by atoms with E-state index in [0.29, 0.717) is 11.5 Å². The first kappa shape index (κ1) is 20.0. The predicted octanol–water partition coefficient (Wildman–Crippen LogP) is 4.11. The number of hydrogen-bond donors (Lipinski definition) is 2. The van der Waals surface area contributed by atoms with E-state index in [-0.39, 0.29) is 23.9 Å². The Labute approximate surface area is 176 Å². The van der Waals surface area contributed by atoms with Gasteiger partial charge in [-0.15, -0.1) is 11.8 Å². The lowest BCUT2D eigenvalue weighted by atomic mass is 9.88. The van der Waals surface area contributed by atoms with Gasteiger partial charge < -0.3 is 10.6 Å². The molecule has 5 heteroatoms. The summed E-state index contributed by atoms with van der Waals surface area (Å²) in [6.07, 6.45) is 6.33.